The molecule has 0 bridgehead atoms. The lowest BCUT2D eigenvalue weighted by Gasteiger charge is -2.26. The molecule has 9 aromatic carbocycles. The van der Waals surface area contributed by atoms with Crippen molar-refractivity contribution in [3.8, 4) is 22.3 Å². The van der Waals surface area contributed by atoms with Crippen LogP contribution in [0.25, 0.3) is 98.8 Å². The molecule has 3 aromatic heterocycles. The SMILES string of the molecule is c1ccc2cc(-c3ccc(N(c4ccc(-c5cccc6oc7ccc8c9ccccc9oc8c7c56)cc4)c4cccc5c4oc4ccccc45)cc3)ccc2c1. The van der Waals surface area contributed by atoms with Gasteiger partial charge in [0.25, 0.3) is 0 Å². The van der Waals surface area contributed by atoms with Gasteiger partial charge in [0.15, 0.2) is 5.58 Å². The highest BCUT2D eigenvalue weighted by atomic mass is 16.3. The van der Waals surface area contributed by atoms with E-state index in [0.717, 1.165) is 99.6 Å². The van der Waals surface area contributed by atoms with E-state index in [2.05, 4.69) is 163 Å². The van der Waals surface area contributed by atoms with E-state index in [4.69, 9.17) is 13.3 Å². The zero-order valence-electron chi connectivity index (χ0n) is 30.1. The summed E-state index contributed by atoms with van der Waals surface area (Å²) in [5.41, 5.74) is 12.6. The third-order valence-electron chi connectivity index (χ3n) is 11.3. The van der Waals surface area contributed by atoms with Crippen molar-refractivity contribution in [1.82, 2.24) is 0 Å². The molecule has 0 fully saturated rings. The van der Waals surface area contributed by atoms with Crippen LogP contribution in [0.2, 0.25) is 0 Å². The Balaban J connectivity index is 1.01. The summed E-state index contributed by atoms with van der Waals surface area (Å²) < 4.78 is 19.6. The predicted octanol–water partition coefficient (Wildman–Crippen LogP) is 15.3. The molecule has 12 aromatic rings. The van der Waals surface area contributed by atoms with Gasteiger partial charge in [0.2, 0.25) is 0 Å². The van der Waals surface area contributed by atoms with Gasteiger partial charge in [-0.15, -0.1) is 0 Å². The summed E-state index contributed by atoms with van der Waals surface area (Å²) in [4.78, 5) is 2.30. The van der Waals surface area contributed by atoms with Crippen LogP contribution in [0.5, 0.6) is 0 Å². The average molecular weight is 718 g/mol. The Labute approximate surface area is 321 Å². The Hall–Kier alpha value is -7.56. The van der Waals surface area contributed by atoms with Crippen LogP contribution >= 0.6 is 0 Å². The molecule has 262 valence electrons. The Morgan fingerprint density at radius 3 is 1.66 bits per heavy atom. The summed E-state index contributed by atoms with van der Waals surface area (Å²) in [6.07, 6.45) is 0. The third kappa shape index (κ3) is 4.66. The number of anilines is 3. The molecule has 4 nitrogen and oxygen atoms in total. The van der Waals surface area contributed by atoms with Gasteiger partial charge in [0.1, 0.15) is 27.9 Å². The maximum Gasteiger partial charge on any atom is 0.159 e. The van der Waals surface area contributed by atoms with E-state index in [1.807, 2.05) is 30.3 Å². The fraction of sp³-hybridized carbons (Fsp3) is 0. The number of fused-ring (bicyclic) bond motifs is 11. The van der Waals surface area contributed by atoms with E-state index in [9.17, 15) is 0 Å². The topological polar surface area (TPSA) is 42.7 Å². The van der Waals surface area contributed by atoms with Crippen LogP contribution in [0.3, 0.4) is 0 Å². The minimum absolute atomic E-state index is 0.813. The number of hydrogen-bond acceptors (Lipinski definition) is 4. The molecule has 0 saturated carbocycles. The third-order valence-corrected chi connectivity index (χ3v) is 11.3. The molecule has 0 spiro atoms. The second kappa shape index (κ2) is 12.0. The molecule has 0 amide bonds. The van der Waals surface area contributed by atoms with Crippen molar-refractivity contribution in [3.05, 3.63) is 188 Å². The maximum atomic E-state index is 6.61. The molecule has 0 saturated heterocycles. The van der Waals surface area contributed by atoms with Crippen LogP contribution in [0.1, 0.15) is 0 Å². The highest BCUT2D eigenvalue weighted by Gasteiger charge is 2.22. The second-order valence-corrected chi connectivity index (χ2v) is 14.4. The largest absolute Gasteiger partial charge is 0.456 e. The highest BCUT2D eigenvalue weighted by Crippen LogP contribution is 2.45. The number of para-hydroxylation sites is 3. The molecule has 56 heavy (non-hydrogen) atoms. The van der Waals surface area contributed by atoms with Gasteiger partial charge in [-0.05, 0) is 99.8 Å². The number of furan rings is 3. The van der Waals surface area contributed by atoms with Crippen LogP contribution < -0.4 is 4.90 Å². The smallest absolute Gasteiger partial charge is 0.159 e. The molecule has 0 N–H and O–H groups in total. The van der Waals surface area contributed by atoms with Gasteiger partial charge < -0.3 is 18.2 Å². The lowest BCUT2D eigenvalue weighted by molar-refractivity contribution is 0.663. The van der Waals surface area contributed by atoms with Crippen LogP contribution in [-0.2, 0) is 0 Å². The van der Waals surface area contributed by atoms with Crippen molar-refractivity contribution in [2.24, 2.45) is 0 Å². The lowest BCUT2D eigenvalue weighted by atomic mass is 9.98. The Kier molecular flexibility index (Phi) is 6.60. The molecule has 0 aliphatic rings. The van der Waals surface area contributed by atoms with Crippen LogP contribution in [0.4, 0.5) is 17.1 Å². The quantitative estimate of drug-likeness (QED) is 0.178. The molecule has 0 aliphatic carbocycles. The highest BCUT2D eigenvalue weighted by molar-refractivity contribution is 6.25. The monoisotopic (exact) mass is 717 g/mol. The van der Waals surface area contributed by atoms with Gasteiger partial charge in [-0.3, -0.25) is 0 Å². The van der Waals surface area contributed by atoms with Gasteiger partial charge in [-0.25, -0.2) is 0 Å². The van der Waals surface area contributed by atoms with Gasteiger partial charge in [0, 0.05) is 38.3 Å². The van der Waals surface area contributed by atoms with Crippen molar-refractivity contribution in [1.29, 1.82) is 0 Å². The van der Waals surface area contributed by atoms with Gasteiger partial charge in [0.05, 0.1) is 11.1 Å². The minimum atomic E-state index is 0.813. The summed E-state index contributed by atoms with van der Waals surface area (Å²) in [5, 5.41) is 8.89. The van der Waals surface area contributed by atoms with E-state index in [0.29, 0.717) is 0 Å². The Bertz CT molecular complexity index is 3470. The van der Waals surface area contributed by atoms with Crippen LogP contribution in [0.15, 0.2) is 201 Å². The number of benzene rings is 9. The van der Waals surface area contributed by atoms with Gasteiger partial charge >= 0.3 is 0 Å². The molecule has 3 heterocycles. The fourth-order valence-corrected chi connectivity index (χ4v) is 8.62. The van der Waals surface area contributed by atoms with Crippen molar-refractivity contribution in [2.75, 3.05) is 4.90 Å². The molecular weight excluding hydrogens is 687 g/mol. The lowest BCUT2D eigenvalue weighted by Crippen LogP contribution is -2.10. The zero-order valence-corrected chi connectivity index (χ0v) is 30.1. The minimum Gasteiger partial charge on any atom is -0.456 e. The van der Waals surface area contributed by atoms with E-state index in [-0.39, 0.29) is 0 Å². The summed E-state index contributed by atoms with van der Waals surface area (Å²) in [7, 11) is 0. The Morgan fingerprint density at radius 2 is 0.893 bits per heavy atom. The number of nitrogens with zero attached hydrogens (tertiary/aromatic N) is 1. The molecule has 12 rings (SSSR count). The summed E-state index contributed by atoms with van der Waals surface area (Å²) >= 11 is 0. The van der Waals surface area contributed by atoms with Gasteiger partial charge in [-0.2, -0.15) is 0 Å². The maximum absolute atomic E-state index is 6.61. The van der Waals surface area contributed by atoms with Crippen molar-refractivity contribution < 1.29 is 13.3 Å². The standard InChI is InChI=1S/C52H31NO3/c1-2-10-35-31-36(20-19-32(35)9-1)33-21-25-37(26-22-33)53(44-15-7-14-42-40-11-3-5-16-45(40)55-51(42)44)38-27-23-34(24-28-38)39-13-8-18-47-49(39)50-48(54-47)30-29-43-41-12-4-6-17-46(41)56-52(43)50/h1-31H. The van der Waals surface area contributed by atoms with Crippen molar-refractivity contribution >= 4 is 93.7 Å². The second-order valence-electron chi connectivity index (χ2n) is 14.4. The first kappa shape index (κ1) is 30.9. The molecule has 0 aliphatic heterocycles. The molecule has 4 heteroatoms. The molecular formula is C52H31NO3. The first-order valence-electron chi connectivity index (χ1n) is 18.9. The first-order chi connectivity index (χ1) is 27.7. The number of hydrogen-bond donors (Lipinski definition) is 0. The predicted molar refractivity (Wildman–Crippen MR) is 231 cm³/mol. The fourth-order valence-electron chi connectivity index (χ4n) is 8.62. The van der Waals surface area contributed by atoms with Crippen molar-refractivity contribution in [3.63, 3.8) is 0 Å². The van der Waals surface area contributed by atoms with E-state index in [1.54, 1.807) is 0 Å². The van der Waals surface area contributed by atoms with Crippen LogP contribution in [-0.4, -0.2) is 0 Å². The van der Waals surface area contributed by atoms with Crippen molar-refractivity contribution in [2.45, 2.75) is 0 Å². The van der Waals surface area contributed by atoms with Crippen LogP contribution in [0, 0.1) is 0 Å². The first-order valence-corrected chi connectivity index (χ1v) is 18.9. The normalized spacial score (nSPS) is 11.9. The van der Waals surface area contributed by atoms with E-state index < -0.39 is 0 Å². The van der Waals surface area contributed by atoms with Gasteiger partial charge in [-0.1, -0.05) is 121 Å². The summed E-state index contributed by atoms with van der Waals surface area (Å²) in [6, 6.07) is 66.1. The van der Waals surface area contributed by atoms with E-state index in [1.165, 1.54) is 16.3 Å². The molecule has 0 atom stereocenters. The zero-order chi connectivity index (χ0) is 36.7. The summed E-state index contributed by atoms with van der Waals surface area (Å²) in [6.45, 7) is 0. The number of rotatable bonds is 5. The Morgan fingerprint density at radius 1 is 0.321 bits per heavy atom. The summed E-state index contributed by atoms with van der Waals surface area (Å²) in [5.74, 6) is 0. The molecule has 0 radical (unpaired) electrons. The average Bonchev–Trinajstić information content (AvgIpc) is 3.96. The molecule has 0 unspecified atom stereocenters. The van der Waals surface area contributed by atoms with E-state index >= 15 is 0 Å².